The maximum absolute atomic E-state index is 6.21. The molecular formula is C15H21N3. The molecule has 2 N–H and O–H groups in total. The zero-order chi connectivity index (χ0) is 13.0. The zero-order valence-corrected chi connectivity index (χ0v) is 11.1. The Morgan fingerprint density at radius 2 is 1.94 bits per heavy atom. The van der Waals surface area contributed by atoms with Gasteiger partial charge in [-0.05, 0) is 36.0 Å². The minimum atomic E-state index is 0.108. The van der Waals surface area contributed by atoms with Gasteiger partial charge in [-0.3, -0.25) is 4.68 Å². The number of aryl methyl sites for hydroxylation is 3. The lowest BCUT2D eigenvalue weighted by Crippen LogP contribution is -2.11. The van der Waals surface area contributed by atoms with Crippen LogP contribution in [0.15, 0.2) is 36.7 Å². The summed E-state index contributed by atoms with van der Waals surface area (Å²) in [6, 6.07) is 8.73. The Hall–Kier alpha value is -1.61. The van der Waals surface area contributed by atoms with E-state index in [0.29, 0.717) is 0 Å². The van der Waals surface area contributed by atoms with Gasteiger partial charge in [0.05, 0.1) is 6.20 Å². The predicted molar refractivity (Wildman–Crippen MR) is 74.3 cm³/mol. The summed E-state index contributed by atoms with van der Waals surface area (Å²) in [5.41, 5.74) is 10.0. The van der Waals surface area contributed by atoms with Gasteiger partial charge in [0.1, 0.15) is 0 Å². The average molecular weight is 243 g/mol. The zero-order valence-electron chi connectivity index (χ0n) is 11.1. The van der Waals surface area contributed by atoms with Gasteiger partial charge in [0.2, 0.25) is 0 Å². The highest BCUT2D eigenvalue weighted by Gasteiger charge is 2.07. The van der Waals surface area contributed by atoms with E-state index in [4.69, 9.17) is 5.73 Å². The minimum Gasteiger partial charge on any atom is -0.324 e. The number of benzene rings is 1. The molecule has 3 heteroatoms. The summed E-state index contributed by atoms with van der Waals surface area (Å²) in [5, 5.41) is 4.17. The highest BCUT2D eigenvalue weighted by molar-refractivity contribution is 5.25. The van der Waals surface area contributed by atoms with Crippen LogP contribution in [0.2, 0.25) is 0 Å². The number of hydrogen-bond donors (Lipinski definition) is 1. The smallest absolute Gasteiger partial charge is 0.0521 e. The van der Waals surface area contributed by atoms with E-state index in [1.165, 1.54) is 16.7 Å². The van der Waals surface area contributed by atoms with Crippen molar-refractivity contribution >= 4 is 0 Å². The molecule has 1 atom stereocenters. The molecule has 1 aromatic carbocycles. The van der Waals surface area contributed by atoms with E-state index in [0.717, 1.165) is 19.3 Å². The summed E-state index contributed by atoms with van der Waals surface area (Å²) >= 11 is 0. The van der Waals surface area contributed by atoms with Gasteiger partial charge in [0, 0.05) is 19.3 Å². The largest absolute Gasteiger partial charge is 0.324 e. The van der Waals surface area contributed by atoms with Crippen LogP contribution in [0.25, 0.3) is 0 Å². The topological polar surface area (TPSA) is 43.8 Å². The molecule has 0 spiro atoms. The molecule has 1 unspecified atom stereocenters. The third-order valence-corrected chi connectivity index (χ3v) is 3.32. The van der Waals surface area contributed by atoms with Crippen molar-refractivity contribution < 1.29 is 0 Å². The quantitative estimate of drug-likeness (QED) is 0.877. The molecule has 2 rings (SSSR count). The molecule has 0 amide bonds. The van der Waals surface area contributed by atoms with Crippen molar-refractivity contribution in [2.75, 3.05) is 0 Å². The molecule has 3 nitrogen and oxygen atoms in total. The third-order valence-electron chi connectivity index (χ3n) is 3.32. The van der Waals surface area contributed by atoms with Crippen molar-refractivity contribution in [3.8, 4) is 0 Å². The fourth-order valence-electron chi connectivity index (χ4n) is 2.09. The van der Waals surface area contributed by atoms with Crippen molar-refractivity contribution in [2.24, 2.45) is 12.8 Å². The van der Waals surface area contributed by atoms with Gasteiger partial charge in [-0.1, -0.05) is 31.2 Å². The van der Waals surface area contributed by atoms with Crippen LogP contribution in [0.3, 0.4) is 0 Å². The maximum Gasteiger partial charge on any atom is 0.0521 e. The lowest BCUT2D eigenvalue weighted by Gasteiger charge is -2.11. The first-order valence-electron chi connectivity index (χ1n) is 6.51. The Kier molecular flexibility index (Phi) is 4.15. The molecule has 1 heterocycles. The van der Waals surface area contributed by atoms with Gasteiger partial charge < -0.3 is 5.73 Å². The SMILES string of the molecule is CCc1ccc(C(N)CCc2cnn(C)c2)cc1. The van der Waals surface area contributed by atoms with Crippen molar-refractivity contribution in [3.05, 3.63) is 53.3 Å². The summed E-state index contributed by atoms with van der Waals surface area (Å²) in [7, 11) is 1.94. The van der Waals surface area contributed by atoms with Crippen LogP contribution in [0.4, 0.5) is 0 Å². The Labute approximate surface area is 109 Å². The molecule has 0 fully saturated rings. The maximum atomic E-state index is 6.21. The van der Waals surface area contributed by atoms with Gasteiger partial charge in [0.15, 0.2) is 0 Å². The van der Waals surface area contributed by atoms with Crippen LogP contribution in [-0.2, 0) is 19.9 Å². The molecular weight excluding hydrogens is 222 g/mol. The number of rotatable bonds is 5. The molecule has 2 aromatic rings. The molecule has 0 saturated heterocycles. The minimum absolute atomic E-state index is 0.108. The van der Waals surface area contributed by atoms with E-state index in [2.05, 4.69) is 36.3 Å². The Morgan fingerprint density at radius 1 is 1.22 bits per heavy atom. The molecule has 18 heavy (non-hydrogen) atoms. The molecule has 96 valence electrons. The third kappa shape index (κ3) is 3.20. The Bertz CT molecular complexity index is 485. The van der Waals surface area contributed by atoms with Crippen LogP contribution in [-0.4, -0.2) is 9.78 Å². The molecule has 0 aliphatic rings. The first kappa shape index (κ1) is 12.8. The van der Waals surface area contributed by atoms with Gasteiger partial charge >= 0.3 is 0 Å². The Balaban J connectivity index is 1.92. The highest BCUT2D eigenvalue weighted by Crippen LogP contribution is 2.17. The lowest BCUT2D eigenvalue weighted by atomic mass is 9.99. The first-order valence-corrected chi connectivity index (χ1v) is 6.51. The van der Waals surface area contributed by atoms with Crippen LogP contribution in [0.5, 0.6) is 0 Å². The van der Waals surface area contributed by atoms with Gasteiger partial charge in [-0.15, -0.1) is 0 Å². The molecule has 0 aliphatic heterocycles. The van der Waals surface area contributed by atoms with Crippen molar-refractivity contribution in [1.82, 2.24) is 9.78 Å². The number of nitrogens with two attached hydrogens (primary N) is 1. The number of hydrogen-bond acceptors (Lipinski definition) is 2. The van der Waals surface area contributed by atoms with Gasteiger partial charge in [-0.2, -0.15) is 5.10 Å². The summed E-state index contributed by atoms with van der Waals surface area (Å²) in [4.78, 5) is 0. The first-order chi connectivity index (χ1) is 8.69. The van der Waals surface area contributed by atoms with Gasteiger partial charge in [0.25, 0.3) is 0 Å². The molecule has 0 bridgehead atoms. The fraction of sp³-hybridized carbons (Fsp3) is 0.400. The number of aromatic nitrogens is 2. The summed E-state index contributed by atoms with van der Waals surface area (Å²) in [6.45, 7) is 2.16. The monoisotopic (exact) mass is 243 g/mol. The van der Waals surface area contributed by atoms with Crippen molar-refractivity contribution in [2.45, 2.75) is 32.2 Å². The molecule has 0 saturated carbocycles. The van der Waals surface area contributed by atoms with Crippen molar-refractivity contribution in [1.29, 1.82) is 0 Å². The average Bonchev–Trinajstić information content (AvgIpc) is 2.82. The summed E-state index contributed by atoms with van der Waals surface area (Å²) < 4.78 is 1.83. The van der Waals surface area contributed by atoms with Crippen LogP contribution < -0.4 is 5.73 Å². The van der Waals surface area contributed by atoms with E-state index in [9.17, 15) is 0 Å². The highest BCUT2D eigenvalue weighted by atomic mass is 15.2. The van der Waals surface area contributed by atoms with Crippen LogP contribution in [0, 0.1) is 0 Å². The van der Waals surface area contributed by atoms with Crippen LogP contribution in [0.1, 0.15) is 36.1 Å². The van der Waals surface area contributed by atoms with E-state index in [1.807, 2.05) is 24.1 Å². The lowest BCUT2D eigenvalue weighted by molar-refractivity contribution is 0.650. The normalized spacial score (nSPS) is 12.6. The van der Waals surface area contributed by atoms with Crippen molar-refractivity contribution in [3.63, 3.8) is 0 Å². The van der Waals surface area contributed by atoms with Gasteiger partial charge in [-0.25, -0.2) is 0 Å². The molecule has 0 radical (unpaired) electrons. The molecule has 1 aromatic heterocycles. The second-order valence-electron chi connectivity index (χ2n) is 4.76. The Morgan fingerprint density at radius 3 is 2.50 bits per heavy atom. The number of nitrogens with zero attached hydrogens (tertiary/aromatic N) is 2. The second kappa shape index (κ2) is 5.83. The second-order valence-corrected chi connectivity index (χ2v) is 4.76. The summed E-state index contributed by atoms with van der Waals surface area (Å²) in [5.74, 6) is 0. The molecule has 0 aliphatic carbocycles. The summed E-state index contributed by atoms with van der Waals surface area (Å²) in [6.07, 6.45) is 6.96. The van der Waals surface area contributed by atoms with E-state index < -0.39 is 0 Å². The predicted octanol–water partition coefficient (Wildman–Crippen LogP) is 2.62. The van der Waals surface area contributed by atoms with Crippen LogP contribution >= 0.6 is 0 Å². The fourth-order valence-corrected chi connectivity index (χ4v) is 2.09. The standard InChI is InChI=1S/C15H21N3/c1-3-12-4-7-14(8-5-12)15(16)9-6-13-10-17-18(2)11-13/h4-5,7-8,10-11,15H,3,6,9,16H2,1-2H3. The van der Waals surface area contributed by atoms with E-state index in [1.54, 1.807) is 0 Å². The van der Waals surface area contributed by atoms with E-state index in [-0.39, 0.29) is 6.04 Å². The van der Waals surface area contributed by atoms with E-state index >= 15 is 0 Å².